The molecule has 1 aliphatic carbocycles. The van der Waals surface area contributed by atoms with Crippen LogP contribution in [-0.2, 0) is 19.9 Å². The molecule has 0 amide bonds. The van der Waals surface area contributed by atoms with Crippen LogP contribution in [0, 0.1) is 18.8 Å². The maximum atomic E-state index is 4.76. The Labute approximate surface area is 107 Å². The second kappa shape index (κ2) is 3.97. The van der Waals surface area contributed by atoms with Gasteiger partial charge >= 0.3 is 0 Å². The Hall–Kier alpha value is -1.58. The summed E-state index contributed by atoms with van der Waals surface area (Å²) in [6.07, 6.45) is 2.20. The average Bonchev–Trinajstić information content (AvgIpc) is 2.82. The zero-order valence-corrected chi connectivity index (χ0v) is 11.5. The highest BCUT2D eigenvalue weighted by atomic mass is 15.3. The van der Waals surface area contributed by atoms with Crippen LogP contribution in [0.4, 0.5) is 0 Å². The van der Waals surface area contributed by atoms with Gasteiger partial charge in [0.15, 0.2) is 5.82 Å². The molecule has 3 rings (SSSR count). The van der Waals surface area contributed by atoms with Crippen molar-refractivity contribution in [3.63, 3.8) is 0 Å². The number of nitrogens with zero attached hydrogens (tertiary/aromatic N) is 3. The van der Waals surface area contributed by atoms with Gasteiger partial charge in [-0.15, -0.1) is 0 Å². The molecule has 0 saturated carbocycles. The van der Waals surface area contributed by atoms with Gasteiger partial charge in [-0.1, -0.05) is 13.8 Å². The van der Waals surface area contributed by atoms with E-state index < -0.39 is 0 Å². The first kappa shape index (κ1) is 11.5. The molecule has 0 fully saturated rings. The largest absolute Gasteiger partial charge is 0.340 e. The van der Waals surface area contributed by atoms with Crippen LogP contribution in [-0.4, -0.2) is 19.7 Å². The number of aryl methyl sites for hydroxylation is 2. The van der Waals surface area contributed by atoms with E-state index >= 15 is 0 Å². The Morgan fingerprint density at radius 3 is 2.67 bits per heavy atom. The number of H-pyrrole nitrogens is 1. The highest BCUT2D eigenvalue weighted by molar-refractivity contribution is 5.52. The lowest BCUT2D eigenvalue weighted by molar-refractivity contribution is 0.355. The highest BCUT2D eigenvalue weighted by Crippen LogP contribution is 2.30. The Morgan fingerprint density at radius 1 is 1.28 bits per heavy atom. The quantitative estimate of drug-likeness (QED) is 0.837. The summed E-state index contributed by atoms with van der Waals surface area (Å²) in [4.78, 5) is 8.25. The molecule has 2 heterocycles. The van der Waals surface area contributed by atoms with Crippen LogP contribution in [0.2, 0.25) is 0 Å². The van der Waals surface area contributed by atoms with Crippen molar-refractivity contribution in [1.82, 2.24) is 19.7 Å². The molecule has 2 unspecified atom stereocenters. The van der Waals surface area contributed by atoms with E-state index in [1.54, 1.807) is 0 Å². The van der Waals surface area contributed by atoms with Crippen LogP contribution in [0.3, 0.4) is 0 Å². The summed E-state index contributed by atoms with van der Waals surface area (Å²) in [5, 5.41) is 4.38. The van der Waals surface area contributed by atoms with Crippen molar-refractivity contribution in [2.45, 2.75) is 33.6 Å². The third-order valence-electron chi connectivity index (χ3n) is 4.12. The standard InChI is InChI=1S/C14H20N4/c1-8-5-11-12(6-9(8)2)16-14(15-11)13-7-10(3)17-18(13)4/h7-9H,5-6H2,1-4H3,(H,15,16). The van der Waals surface area contributed by atoms with Crippen LogP contribution in [0.5, 0.6) is 0 Å². The summed E-state index contributed by atoms with van der Waals surface area (Å²) in [6, 6.07) is 2.08. The molecule has 1 aliphatic rings. The predicted molar refractivity (Wildman–Crippen MR) is 71.3 cm³/mol. The van der Waals surface area contributed by atoms with Gasteiger partial charge in [0.2, 0.25) is 0 Å². The van der Waals surface area contributed by atoms with Crippen LogP contribution < -0.4 is 0 Å². The first-order chi connectivity index (χ1) is 8.54. The van der Waals surface area contributed by atoms with Gasteiger partial charge in [-0.05, 0) is 37.7 Å². The fraction of sp³-hybridized carbons (Fsp3) is 0.571. The topological polar surface area (TPSA) is 46.5 Å². The molecule has 4 nitrogen and oxygen atoms in total. The zero-order valence-electron chi connectivity index (χ0n) is 11.5. The number of aromatic nitrogens is 4. The van der Waals surface area contributed by atoms with Crippen molar-refractivity contribution in [2.75, 3.05) is 0 Å². The minimum Gasteiger partial charge on any atom is -0.340 e. The third kappa shape index (κ3) is 1.76. The van der Waals surface area contributed by atoms with Crippen molar-refractivity contribution in [2.24, 2.45) is 18.9 Å². The molecule has 0 spiro atoms. The molecule has 2 aromatic heterocycles. The van der Waals surface area contributed by atoms with Gasteiger partial charge in [-0.25, -0.2) is 4.98 Å². The summed E-state index contributed by atoms with van der Waals surface area (Å²) < 4.78 is 1.90. The number of fused-ring (bicyclic) bond motifs is 1. The van der Waals surface area contributed by atoms with Gasteiger partial charge in [0, 0.05) is 12.7 Å². The molecule has 0 bridgehead atoms. The van der Waals surface area contributed by atoms with E-state index in [1.165, 1.54) is 11.4 Å². The monoisotopic (exact) mass is 244 g/mol. The number of hydrogen-bond donors (Lipinski definition) is 1. The van der Waals surface area contributed by atoms with E-state index in [-0.39, 0.29) is 0 Å². The molecular weight excluding hydrogens is 224 g/mol. The normalized spacial score (nSPS) is 23.1. The lowest BCUT2D eigenvalue weighted by Crippen LogP contribution is -2.20. The molecular formula is C14H20N4. The molecule has 18 heavy (non-hydrogen) atoms. The maximum absolute atomic E-state index is 4.76. The molecule has 96 valence electrons. The van der Waals surface area contributed by atoms with E-state index in [2.05, 4.69) is 30.0 Å². The maximum Gasteiger partial charge on any atom is 0.156 e. The van der Waals surface area contributed by atoms with Gasteiger partial charge in [-0.3, -0.25) is 4.68 Å². The van der Waals surface area contributed by atoms with Crippen LogP contribution >= 0.6 is 0 Å². The van der Waals surface area contributed by atoms with Crippen LogP contribution in [0.15, 0.2) is 6.07 Å². The molecule has 2 aromatic rings. The summed E-state index contributed by atoms with van der Waals surface area (Å²) in [7, 11) is 1.97. The van der Waals surface area contributed by atoms with Crippen molar-refractivity contribution in [1.29, 1.82) is 0 Å². The number of rotatable bonds is 1. The second-order valence-electron chi connectivity index (χ2n) is 5.67. The lowest BCUT2D eigenvalue weighted by Gasteiger charge is -2.24. The molecule has 2 atom stereocenters. The first-order valence-electron chi connectivity index (χ1n) is 6.63. The molecule has 0 radical (unpaired) electrons. The SMILES string of the molecule is Cc1cc(-c2nc3c([nH]2)CC(C)C(C)C3)n(C)n1. The Balaban J connectivity index is 2.01. The van der Waals surface area contributed by atoms with Gasteiger partial charge in [0.05, 0.1) is 11.4 Å². The van der Waals surface area contributed by atoms with Crippen molar-refractivity contribution in [3.05, 3.63) is 23.1 Å². The summed E-state index contributed by atoms with van der Waals surface area (Å²) >= 11 is 0. The molecule has 1 N–H and O–H groups in total. The summed E-state index contributed by atoms with van der Waals surface area (Å²) in [5.41, 5.74) is 4.66. The Kier molecular flexibility index (Phi) is 2.54. The Morgan fingerprint density at radius 2 is 2.00 bits per heavy atom. The Bertz CT molecular complexity index is 551. The predicted octanol–water partition coefficient (Wildman–Crippen LogP) is 2.49. The summed E-state index contributed by atoms with van der Waals surface area (Å²) in [6.45, 7) is 6.65. The minimum atomic E-state index is 0.724. The highest BCUT2D eigenvalue weighted by Gasteiger charge is 2.25. The number of hydrogen-bond acceptors (Lipinski definition) is 2. The van der Waals surface area contributed by atoms with Gasteiger partial charge in [0.1, 0.15) is 5.69 Å². The number of nitrogens with one attached hydrogen (secondary N) is 1. The van der Waals surface area contributed by atoms with Gasteiger partial charge in [0.25, 0.3) is 0 Å². The van der Waals surface area contributed by atoms with Crippen molar-refractivity contribution in [3.8, 4) is 11.5 Å². The van der Waals surface area contributed by atoms with Crippen LogP contribution in [0.1, 0.15) is 30.9 Å². The molecule has 0 aromatic carbocycles. The number of aromatic amines is 1. The fourth-order valence-corrected chi connectivity index (χ4v) is 2.77. The lowest BCUT2D eigenvalue weighted by atomic mass is 9.82. The first-order valence-corrected chi connectivity index (χ1v) is 6.63. The molecule has 0 aliphatic heterocycles. The third-order valence-corrected chi connectivity index (χ3v) is 4.12. The smallest absolute Gasteiger partial charge is 0.156 e. The summed E-state index contributed by atoms with van der Waals surface area (Å²) in [5.74, 6) is 2.42. The van der Waals surface area contributed by atoms with Crippen molar-refractivity contribution < 1.29 is 0 Å². The van der Waals surface area contributed by atoms with Gasteiger partial charge in [-0.2, -0.15) is 5.10 Å². The average molecular weight is 244 g/mol. The minimum absolute atomic E-state index is 0.724. The second-order valence-corrected chi connectivity index (χ2v) is 5.67. The zero-order chi connectivity index (χ0) is 12.9. The molecule has 4 heteroatoms. The van der Waals surface area contributed by atoms with E-state index in [0.717, 1.165) is 41.9 Å². The van der Waals surface area contributed by atoms with E-state index in [0.29, 0.717) is 0 Å². The van der Waals surface area contributed by atoms with E-state index in [4.69, 9.17) is 4.98 Å². The van der Waals surface area contributed by atoms with Gasteiger partial charge < -0.3 is 4.98 Å². The van der Waals surface area contributed by atoms with Crippen LogP contribution in [0.25, 0.3) is 11.5 Å². The number of imidazole rings is 1. The van der Waals surface area contributed by atoms with E-state index in [9.17, 15) is 0 Å². The van der Waals surface area contributed by atoms with E-state index in [1.807, 2.05) is 18.7 Å². The molecule has 0 saturated heterocycles. The van der Waals surface area contributed by atoms with Crippen molar-refractivity contribution >= 4 is 0 Å². The fourth-order valence-electron chi connectivity index (χ4n) is 2.77.